The maximum absolute atomic E-state index is 12.1. The Labute approximate surface area is 109 Å². The molecule has 2 fully saturated rings. The molecule has 0 radical (unpaired) electrons. The third kappa shape index (κ3) is 3.83. The Kier molecular flexibility index (Phi) is 6.23. The summed E-state index contributed by atoms with van der Waals surface area (Å²) in [5, 5.41) is 0. The van der Waals surface area contributed by atoms with Crippen LogP contribution in [0, 0.1) is 0 Å². The monoisotopic (exact) mass is 262 g/mol. The molecular weight excluding hydrogens is 240 g/mol. The van der Waals surface area contributed by atoms with Gasteiger partial charge in [0.2, 0.25) is 5.91 Å². The van der Waals surface area contributed by atoms with E-state index in [9.17, 15) is 4.79 Å². The summed E-state index contributed by atoms with van der Waals surface area (Å²) in [7, 11) is 0. The summed E-state index contributed by atoms with van der Waals surface area (Å²) in [6, 6.07) is 0.266. The van der Waals surface area contributed by atoms with Gasteiger partial charge in [-0.1, -0.05) is 0 Å². The topological polar surface area (TPSA) is 55.6 Å². The van der Waals surface area contributed by atoms with E-state index in [0.29, 0.717) is 13.0 Å². The van der Waals surface area contributed by atoms with E-state index >= 15 is 0 Å². The summed E-state index contributed by atoms with van der Waals surface area (Å²) in [5.41, 5.74) is 5.71. The minimum atomic E-state index is 0. The smallest absolute Gasteiger partial charge is 0.225 e. The largest absolute Gasteiger partial charge is 0.378 e. The van der Waals surface area contributed by atoms with E-state index in [4.69, 9.17) is 10.5 Å². The number of rotatable bonds is 3. The van der Waals surface area contributed by atoms with E-state index in [-0.39, 0.29) is 30.5 Å². The molecule has 0 aromatic heterocycles. The molecule has 100 valence electrons. The van der Waals surface area contributed by atoms with Crippen molar-refractivity contribution in [2.45, 2.75) is 50.7 Å². The van der Waals surface area contributed by atoms with Gasteiger partial charge in [0.1, 0.15) is 0 Å². The Balaban J connectivity index is 0.00000144. The van der Waals surface area contributed by atoms with Crippen molar-refractivity contribution in [3.05, 3.63) is 0 Å². The van der Waals surface area contributed by atoms with Gasteiger partial charge in [-0.05, 0) is 32.1 Å². The van der Waals surface area contributed by atoms with Crippen LogP contribution >= 0.6 is 12.4 Å². The summed E-state index contributed by atoms with van der Waals surface area (Å²) in [6.45, 7) is 2.29. The number of nitrogens with zero attached hydrogens (tertiary/aromatic N) is 1. The normalized spacial score (nSPS) is 28.9. The van der Waals surface area contributed by atoms with E-state index in [0.717, 1.165) is 38.8 Å². The van der Waals surface area contributed by atoms with Crippen molar-refractivity contribution in [2.75, 3.05) is 19.7 Å². The first-order chi connectivity index (χ1) is 7.81. The lowest BCUT2D eigenvalue weighted by Gasteiger charge is -2.35. The Morgan fingerprint density at radius 3 is 2.76 bits per heavy atom. The predicted molar refractivity (Wildman–Crippen MR) is 69.2 cm³/mol. The highest BCUT2D eigenvalue weighted by Gasteiger charge is 2.28. The van der Waals surface area contributed by atoms with Crippen LogP contribution in [-0.4, -0.2) is 42.6 Å². The van der Waals surface area contributed by atoms with Gasteiger partial charge in [0.25, 0.3) is 0 Å². The number of carbonyl (C=O) groups is 1. The molecule has 2 rings (SSSR count). The second-order valence-corrected chi connectivity index (χ2v) is 4.81. The standard InChI is InChI=1S/C12H22N2O2.ClH/c13-9-10-4-1-2-6-14(10)12(15)8-11-5-3-7-16-11;/h10-11H,1-9,13H2;1H. The fourth-order valence-corrected chi connectivity index (χ4v) is 2.69. The number of amides is 1. The van der Waals surface area contributed by atoms with E-state index in [1.807, 2.05) is 4.90 Å². The van der Waals surface area contributed by atoms with Crippen LogP contribution in [0.2, 0.25) is 0 Å². The maximum Gasteiger partial charge on any atom is 0.225 e. The highest BCUT2D eigenvalue weighted by atomic mass is 35.5. The Morgan fingerprint density at radius 2 is 2.12 bits per heavy atom. The van der Waals surface area contributed by atoms with Crippen LogP contribution in [0.3, 0.4) is 0 Å². The number of likely N-dealkylation sites (tertiary alicyclic amines) is 1. The second kappa shape index (κ2) is 7.19. The average Bonchev–Trinajstić information content (AvgIpc) is 2.81. The third-order valence-electron chi connectivity index (χ3n) is 3.65. The van der Waals surface area contributed by atoms with Crippen LogP contribution in [-0.2, 0) is 9.53 Å². The predicted octanol–water partition coefficient (Wildman–Crippen LogP) is 1.32. The summed E-state index contributed by atoms with van der Waals surface area (Å²) in [6.07, 6.45) is 6.22. The van der Waals surface area contributed by atoms with Gasteiger partial charge in [0, 0.05) is 25.7 Å². The molecule has 0 bridgehead atoms. The van der Waals surface area contributed by atoms with Gasteiger partial charge in [-0.15, -0.1) is 12.4 Å². The third-order valence-corrected chi connectivity index (χ3v) is 3.65. The number of piperidine rings is 1. The van der Waals surface area contributed by atoms with Gasteiger partial charge in [0.05, 0.1) is 12.5 Å². The minimum absolute atomic E-state index is 0. The number of hydrogen-bond donors (Lipinski definition) is 1. The van der Waals surface area contributed by atoms with Crippen molar-refractivity contribution in [1.82, 2.24) is 4.90 Å². The summed E-state index contributed by atoms with van der Waals surface area (Å²) in [5.74, 6) is 0.238. The molecule has 1 amide bonds. The van der Waals surface area contributed by atoms with E-state index in [1.54, 1.807) is 0 Å². The van der Waals surface area contributed by atoms with Gasteiger partial charge in [0.15, 0.2) is 0 Å². The second-order valence-electron chi connectivity index (χ2n) is 4.81. The molecule has 17 heavy (non-hydrogen) atoms. The van der Waals surface area contributed by atoms with Crippen molar-refractivity contribution in [2.24, 2.45) is 5.73 Å². The fourth-order valence-electron chi connectivity index (χ4n) is 2.69. The number of halogens is 1. The van der Waals surface area contributed by atoms with Gasteiger partial charge in [-0.25, -0.2) is 0 Å². The molecular formula is C12H23ClN2O2. The Morgan fingerprint density at radius 1 is 1.29 bits per heavy atom. The first-order valence-electron chi connectivity index (χ1n) is 6.42. The number of nitrogens with two attached hydrogens (primary N) is 1. The molecule has 2 aliphatic rings. The number of hydrogen-bond acceptors (Lipinski definition) is 3. The van der Waals surface area contributed by atoms with Gasteiger partial charge < -0.3 is 15.4 Å². The van der Waals surface area contributed by atoms with Crippen LogP contribution in [0.25, 0.3) is 0 Å². The average molecular weight is 263 g/mol. The Hall–Kier alpha value is -0.320. The number of carbonyl (C=O) groups excluding carboxylic acids is 1. The van der Waals surface area contributed by atoms with Gasteiger partial charge in [-0.3, -0.25) is 4.79 Å². The first kappa shape index (κ1) is 14.7. The molecule has 2 N–H and O–H groups in total. The SMILES string of the molecule is Cl.NCC1CCCCN1C(=O)CC1CCCO1. The van der Waals surface area contributed by atoms with Crippen molar-refractivity contribution in [1.29, 1.82) is 0 Å². The van der Waals surface area contributed by atoms with Crippen molar-refractivity contribution in [3.63, 3.8) is 0 Å². The molecule has 2 unspecified atom stereocenters. The molecule has 2 heterocycles. The van der Waals surface area contributed by atoms with Crippen LogP contribution in [0.5, 0.6) is 0 Å². The Bertz CT molecular complexity index is 245. The highest BCUT2D eigenvalue weighted by Crippen LogP contribution is 2.21. The van der Waals surface area contributed by atoms with Crippen LogP contribution in [0.4, 0.5) is 0 Å². The molecule has 0 aromatic carbocycles. The van der Waals surface area contributed by atoms with Crippen LogP contribution in [0.1, 0.15) is 38.5 Å². The zero-order valence-electron chi connectivity index (χ0n) is 10.3. The lowest BCUT2D eigenvalue weighted by molar-refractivity contribution is -0.136. The van der Waals surface area contributed by atoms with Crippen molar-refractivity contribution in [3.8, 4) is 0 Å². The first-order valence-corrected chi connectivity index (χ1v) is 6.42. The fraction of sp³-hybridized carbons (Fsp3) is 0.917. The van der Waals surface area contributed by atoms with Crippen molar-refractivity contribution < 1.29 is 9.53 Å². The molecule has 4 nitrogen and oxygen atoms in total. The molecule has 2 saturated heterocycles. The molecule has 2 atom stereocenters. The summed E-state index contributed by atoms with van der Waals surface area (Å²) >= 11 is 0. The lowest BCUT2D eigenvalue weighted by atomic mass is 10.0. The molecule has 2 aliphatic heterocycles. The zero-order chi connectivity index (χ0) is 11.4. The highest BCUT2D eigenvalue weighted by molar-refractivity contribution is 5.85. The van der Waals surface area contributed by atoms with E-state index in [2.05, 4.69) is 0 Å². The molecule has 0 spiro atoms. The lowest BCUT2D eigenvalue weighted by Crippen LogP contribution is -2.48. The quantitative estimate of drug-likeness (QED) is 0.835. The number of ether oxygens (including phenoxy) is 1. The van der Waals surface area contributed by atoms with E-state index < -0.39 is 0 Å². The molecule has 0 aliphatic carbocycles. The van der Waals surface area contributed by atoms with Gasteiger partial charge in [-0.2, -0.15) is 0 Å². The molecule has 0 saturated carbocycles. The summed E-state index contributed by atoms with van der Waals surface area (Å²) < 4.78 is 5.50. The minimum Gasteiger partial charge on any atom is -0.378 e. The summed E-state index contributed by atoms with van der Waals surface area (Å²) in [4.78, 5) is 14.1. The molecule has 5 heteroatoms. The molecule has 0 aromatic rings. The van der Waals surface area contributed by atoms with E-state index in [1.165, 1.54) is 6.42 Å². The van der Waals surface area contributed by atoms with Crippen LogP contribution < -0.4 is 5.73 Å². The van der Waals surface area contributed by atoms with Crippen molar-refractivity contribution >= 4 is 18.3 Å². The maximum atomic E-state index is 12.1. The van der Waals surface area contributed by atoms with Crippen LogP contribution in [0.15, 0.2) is 0 Å². The zero-order valence-corrected chi connectivity index (χ0v) is 11.1. The van der Waals surface area contributed by atoms with Gasteiger partial charge >= 0.3 is 0 Å².